The van der Waals surface area contributed by atoms with Gasteiger partial charge >= 0.3 is 5.97 Å². The van der Waals surface area contributed by atoms with Crippen molar-refractivity contribution in [2.75, 3.05) is 7.11 Å². The molecule has 0 N–H and O–H groups in total. The number of rotatable bonds is 1. The molecule has 0 aliphatic carbocycles. The molecule has 72 valence electrons. The first kappa shape index (κ1) is 11.3. The van der Waals surface area contributed by atoms with Crippen molar-refractivity contribution in [1.82, 2.24) is 0 Å². The lowest BCUT2D eigenvalue weighted by molar-refractivity contribution is 0.0596. The molecule has 0 aliphatic rings. The zero-order chi connectivity index (χ0) is 10.7. The molecule has 0 saturated heterocycles. The molecule has 0 fully saturated rings. The minimum atomic E-state index is -0.539. The van der Waals surface area contributed by atoms with Gasteiger partial charge in [0, 0.05) is 8.47 Å². The molecule has 0 unspecified atom stereocenters. The normalized spacial score (nSPS) is 9.29. The fourth-order valence-corrected chi connectivity index (χ4v) is 2.22. The summed E-state index contributed by atoms with van der Waals surface area (Å²) in [6, 6.07) is 5.26. The Bertz CT molecular complexity index is 426. The fraction of sp³-hybridized carbons (Fsp3) is 0.111. The van der Waals surface area contributed by atoms with E-state index in [0.717, 1.165) is 3.57 Å². The largest absolute Gasteiger partial charge is 0.465 e. The summed E-state index contributed by atoms with van der Waals surface area (Å²) >= 11 is 6.18. The number of nitriles is 1. The number of halogens is 1. The first-order valence-electron chi connectivity index (χ1n) is 3.61. The Kier molecular flexibility index (Phi) is 3.77. The molecule has 5 heteroatoms. The van der Waals surface area contributed by atoms with Crippen LogP contribution in [0.15, 0.2) is 17.0 Å². The second kappa shape index (κ2) is 4.66. The molecule has 0 aliphatic heterocycles. The summed E-state index contributed by atoms with van der Waals surface area (Å²) in [7, 11) is 1.27. The van der Waals surface area contributed by atoms with E-state index < -0.39 is 5.97 Å². The van der Waals surface area contributed by atoms with Gasteiger partial charge in [0.15, 0.2) is 0 Å². The zero-order valence-corrected chi connectivity index (χ0v) is 10.3. The van der Waals surface area contributed by atoms with E-state index >= 15 is 0 Å². The maximum atomic E-state index is 11.3. The third-order valence-electron chi connectivity index (χ3n) is 1.59. The number of thiol groups is 1. The molecule has 0 heterocycles. The zero-order valence-electron chi connectivity index (χ0n) is 7.24. The Labute approximate surface area is 101 Å². The van der Waals surface area contributed by atoms with E-state index in [0.29, 0.717) is 4.90 Å². The van der Waals surface area contributed by atoms with Crippen molar-refractivity contribution in [3.05, 3.63) is 26.8 Å². The first-order chi connectivity index (χ1) is 6.60. The van der Waals surface area contributed by atoms with Gasteiger partial charge in [-0.2, -0.15) is 5.26 Å². The Morgan fingerprint density at radius 2 is 2.29 bits per heavy atom. The molecular formula is C9H6INO2S. The third kappa shape index (κ3) is 2.19. The lowest BCUT2D eigenvalue weighted by atomic mass is 10.1. The van der Waals surface area contributed by atoms with E-state index in [1.165, 1.54) is 7.11 Å². The van der Waals surface area contributed by atoms with Crippen LogP contribution < -0.4 is 0 Å². The molecule has 1 aromatic carbocycles. The number of methoxy groups -OCH3 is 1. The van der Waals surface area contributed by atoms with Crippen molar-refractivity contribution >= 4 is 41.2 Å². The number of benzene rings is 1. The molecule has 0 atom stereocenters. The maximum Gasteiger partial charge on any atom is 0.340 e. The molecular weight excluding hydrogens is 313 g/mol. The highest BCUT2D eigenvalue weighted by Crippen LogP contribution is 2.22. The van der Waals surface area contributed by atoms with Crippen LogP contribution in [0.25, 0.3) is 0 Å². The van der Waals surface area contributed by atoms with Gasteiger partial charge in [-0.15, -0.1) is 12.6 Å². The second-order valence-electron chi connectivity index (χ2n) is 2.45. The number of ether oxygens (including phenoxy) is 1. The van der Waals surface area contributed by atoms with Crippen molar-refractivity contribution in [2.45, 2.75) is 4.90 Å². The van der Waals surface area contributed by atoms with E-state index in [-0.39, 0.29) is 11.1 Å². The number of esters is 1. The molecule has 1 aromatic rings. The molecule has 0 spiro atoms. The van der Waals surface area contributed by atoms with Gasteiger partial charge in [-0.25, -0.2) is 4.79 Å². The molecule has 3 nitrogen and oxygen atoms in total. The van der Waals surface area contributed by atoms with Gasteiger partial charge in [-0.1, -0.05) is 0 Å². The summed E-state index contributed by atoms with van der Waals surface area (Å²) in [5.74, 6) is -0.539. The van der Waals surface area contributed by atoms with Crippen LogP contribution in [0.1, 0.15) is 15.9 Å². The highest BCUT2D eigenvalue weighted by Gasteiger charge is 2.16. The van der Waals surface area contributed by atoms with Crippen LogP contribution in [0, 0.1) is 14.9 Å². The quantitative estimate of drug-likeness (QED) is 0.491. The van der Waals surface area contributed by atoms with Gasteiger partial charge in [-0.3, -0.25) is 0 Å². The molecule has 0 saturated carbocycles. The number of hydrogen-bond acceptors (Lipinski definition) is 4. The first-order valence-corrected chi connectivity index (χ1v) is 5.13. The van der Waals surface area contributed by atoms with E-state index in [4.69, 9.17) is 5.26 Å². The van der Waals surface area contributed by atoms with E-state index in [1.807, 2.05) is 6.07 Å². The van der Waals surface area contributed by atoms with Crippen molar-refractivity contribution in [3.63, 3.8) is 0 Å². The van der Waals surface area contributed by atoms with Gasteiger partial charge in [0.2, 0.25) is 0 Å². The molecule has 14 heavy (non-hydrogen) atoms. The van der Waals surface area contributed by atoms with Crippen molar-refractivity contribution in [3.8, 4) is 6.07 Å². The van der Waals surface area contributed by atoms with Gasteiger partial charge in [0.25, 0.3) is 0 Å². The number of hydrogen-bond donors (Lipinski definition) is 1. The lowest BCUT2D eigenvalue weighted by Crippen LogP contribution is -2.06. The van der Waals surface area contributed by atoms with Gasteiger partial charge in [0.1, 0.15) is 6.07 Å². The van der Waals surface area contributed by atoms with Crippen molar-refractivity contribution in [2.24, 2.45) is 0 Å². The Balaban J connectivity index is 3.42. The number of carbonyl (C=O) groups excluding carboxylic acids is 1. The van der Waals surface area contributed by atoms with E-state index in [9.17, 15) is 4.79 Å². The van der Waals surface area contributed by atoms with Crippen molar-refractivity contribution < 1.29 is 9.53 Å². The fourth-order valence-electron chi connectivity index (χ4n) is 0.997. The molecule has 0 radical (unpaired) electrons. The highest BCUT2D eigenvalue weighted by atomic mass is 127. The number of carbonyl (C=O) groups is 1. The SMILES string of the molecule is COC(=O)c1c(S)cc(I)cc1C#N. The van der Waals surface area contributed by atoms with Crippen LogP contribution >= 0.6 is 35.2 Å². The van der Waals surface area contributed by atoms with Crippen LogP contribution in [0.4, 0.5) is 0 Å². The minimum Gasteiger partial charge on any atom is -0.465 e. The number of nitrogens with zero attached hydrogens (tertiary/aromatic N) is 1. The summed E-state index contributed by atoms with van der Waals surface area (Å²) in [6.07, 6.45) is 0. The average Bonchev–Trinajstić information content (AvgIpc) is 2.15. The minimum absolute atomic E-state index is 0.221. The summed E-state index contributed by atoms with van der Waals surface area (Å²) < 4.78 is 5.42. The van der Waals surface area contributed by atoms with Gasteiger partial charge < -0.3 is 4.74 Å². The topological polar surface area (TPSA) is 50.1 Å². The molecule has 0 amide bonds. The standard InChI is InChI=1S/C9H6INO2S/c1-13-9(12)8-5(4-11)2-6(10)3-7(8)14/h2-3,14H,1H3. The van der Waals surface area contributed by atoms with E-state index in [2.05, 4.69) is 40.0 Å². The Morgan fingerprint density at radius 3 is 2.79 bits per heavy atom. The maximum absolute atomic E-state index is 11.3. The summed E-state index contributed by atoms with van der Waals surface area (Å²) in [5, 5.41) is 8.82. The van der Waals surface area contributed by atoms with Crippen LogP contribution in [-0.4, -0.2) is 13.1 Å². The smallest absolute Gasteiger partial charge is 0.340 e. The summed E-state index contributed by atoms with van der Waals surface area (Å²) in [4.78, 5) is 11.8. The van der Waals surface area contributed by atoms with Crippen LogP contribution in [0.3, 0.4) is 0 Å². The monoisotopic (exact) mass is 319 g/mol. The van der Waals surface area contributed by atoms with Gasteiger partial charge in [-0.05, 0) is 34.7 Å². The Hall–Kier alpha value is -0.740. The molecule has 0 bridgehead atoms. The average molecular weight is 319 g/mol. The summed E-state index contributed by atoms with van der Waals surface area (Å²) in [6.45, 7) is 0. The van der Waals surface area contributed by atoms with Crippen LogP contribution in [0.5, 0.6) is 0 Å². The lowest BCUT2D eigenvalue weighted by Gasteiger charge is -2.05. The predicted octanol–water partition coefficient (Wildman–Crippen LogP) is 2.24. The third-order valence-corrected chi connectivity index (χ3v) is 2.57. The van der Waals surface area contributed by atoms with Crippen LogP contribution in [0.2, 0.25) is 0 Å². The van der Waals surface area contributed by atoms with E-state index in [1.54, 1.807) is 12.1 Å². The van der Waals surface area contributed by atoms with Crippen molar-refractivity contribution in [1.29, 1.82) is 5.26 Å². The molecule has 0 aromatic heterocycles. The van der Waals surface area contributed by atoms with Crippen LogP contribution in [-0.2, 0) is 4.74 Å². The summed E-state index contributed by atoms with van der Waals surface area (Å²) in [5.41, 5.74) is 0.507. The highest BCUT2D eigenvalue weighted by molar-refractivity contribution is 14.1. The second-order valence-corrected chi connectivity index (χ2v) is 4.18. The predicted molar refractivity (Wildman–Crippen MR) is 62.5 cm³/mol. The molecule has 1 rings (SSSR count). The van der Waals surface area contributed by atoms with Gasteiger partial charge in [0.05, 0.1) is 18.2 Å². The Morgan fingerprint density at radius 1 is 1.64 bits per heavy atom.